The topological polar surface area (TPSA) is 197 Å². The van der Waals surface area contributed by atoms with Crippen molar-refractivity contribution < 1.29 is 75.6 Å². The number of amides is 6. The predicted octanol–water partition coefficient (Wildman–Crippen LogP) is 3.61. The molecule has 0 aliphatic carbocycles. The number of anilines is 1. The second-order valence-corrected chi connectivity index (χ2v) is 16.7. The number of carbonyl (C=O) groups is 7. The molecule has 6 amide bonds. The van der Waals surface area contributed by atoms with Gasteiger partial charge in [0.05, 0.1) is 75.0 Å². The van der Waals surface area contributed by atoms with Gasteiger partial charge in [-0.2, -0.15) is 0 Å². The highest BCUT2D eigenvalue weighted by Crippen LogP contribution is 2.45. The van der Waals surface area contributed by atoms with Gasteiger partial charge >= 0.3 is 5.97 Å². The minimum atomic E-state index is -1.17. The van der Waals surface area contributed by atoms with E-state index in [1.54, 1.807) is 58.3 Å². The van der Waals surface area contributed by atoms with E-state index >= 15 is 8.78 Å². The molecule has 0 saturated carbocycles. The summed E-state index contributed by atoms with van der Waals surface area (Å²) in [7, 11) is 0. The molecule has 7 rings (SSSR count). The van der Waals surface area contributed by atoms with Crippen molar-refractivity contribution in [3.8, 4) is 5.75 Å². The van der Waals surface area contributed by atoms with Gasteiger partial charge in [-0.15, -0.1) is 5.06 Å². The summed E-state index contributed by atoms with van der Waals surface area (Å²) in [6, 6.07) is 14.7. The van der Waals surface area contributed by atoms with E-state index in [0.717, 1.165) is 35.7 Å². The van der Waals surface area contributed by atoms with Crippen LogP contribution in [0.25, 0.3) is 0 Å². The Morgan fingerprint density at radius 3 is 1.47 bits per heavy atom. The van der Waals surface area contributed by atoms with E-state index in [1.165, 1.54) is 0 Å². The van der Waals surface area contributed by atoms with E-state index in [1.807, 2.05) is 0 Å². The third kappa shape index (κ3) is 12.2. The average molecular weight is 955 g/mol. The van der Waals surface area contributed by atoms with Crippen molar-refractivity contribution in [1.29, 1.82) is 0 Å². The first-order valence-corrected chi connectivity index (χ1v) is 22.5. The van der Waals surface area contributed by atoms with Crippen molar-refractivity contribution in [2.75, 3.05) is 104 Å². The molecule has 0 N–H and O–H groups in total. The number of carbonyl (C=O) groups excluding carboxylic acids is 7. The van der Waals surface area contributed by atoms with Crippen LogP contribution in [-0.2, 0) is 52.5 Å². The molecule has 66 heavy (non-hydrogen) atoms. The first-order chi connectivity index (χ1) is 32.0. The third-order valence-corrected chi connectivity index (χ3v) is 12.4. The third-order valence-electron chi connectivity index (χ3n) is 10.1. The van der Waals surface area contributed by atoms with Gasteiger partial charge in [0.1, 0.15) is 13.2 Å². The van der Waals surface area contributed by atoms with Crippen molar-refractivity contribution in [2.45, 2.75) is 22.6 Å². The molecule has 3 fully saturated rings. The second kappa shape index (κ2) is 23.1. The Bertz CT molecular complexity index is 2200. The Hall–Kier alpha value is -5.75. The average Bonchev–Trinajstić information content (AvgIpc) is 3.76. The van der Waals surface area contributed by atoms with Gasteiger partial charge in [0.15, 0.2) is 17.4 Å². The second-order valence-electron chi connectivity index (χ2n) is 14.6. The van der Waals surface area contributed by atoms with Crippen molar-refractivity contribution in [2.24, 2.45) is 0 Å². The quantitative estimate of drug-likeness (QED) is 0.118. The molecular formula is C44H44F2N4O14S2. The fraction of sp³-hybridized carbons (Fsp3) is 0.386. The molecule has 4 heterocycles. The fourth-order valence-electron chi connectivity index (χ4n) is 6.77. The normalized spacial score (nSPS) is 16.8. The molecule has 0 bridgehead atoms. The lowest BCUT2D eigenvalue weighted by Gasteiger charge is -2.26. The summed E-state index contributed by atoms with van der Waals surface area (Å²) in [5, 5.41) is 0.422. The highest BCUT2D eigenvalue weighted by Gasteiger charge is 2.41. The van der Waals surface area contributed by atoms with Crippen LogP contribution in [0, 0.1) is 11.6 Å². The zero-order valence-electron chi connectivity index (χ0n) is 35.4. The van der Waals surface area contributed by atoms with Gasteiger partial charge in [-0.25, -0.2) is 18.5 Å². The highest BCUT2D eigenvalue weighted by atomic mass is 32.2. The lowest BCUT2D eigenvalue weighted by Crippen LogP contribution is -2.40. The number of benzene rings is 3. The van der Waals surface area contributed by atoms with Gasteiger partial charge < -0.3 is 43.1 Å². The van der Waals surface area contributed by atoms with Gasteiger partial charge in [0.25, 0.3) is 35.4 Å². The van der Waals surface area contributed by atoms with E-state index in [0.29, 0.717) is 83.5 Å². The molecule has 18 nitrogen and oxygen atoms in total. The summed E-state index contributed by atoms with van der Waals surface area (Å²) in [4.78, 5) is 98.9. The summed E-state index contributed by atoms with van der Waals surface area (Å²) in [6.07, 6.45) is -0.0496. The number of rotatable bonds is 20. The summed E-state index contributed by atoms with van der Waals surface area (Å²) >= 11 is 1.93. The smallest absolute Gasteiger partial charge is 0.358 e. The van der Waals surface area contributed by atoms with Crippen LogP contribution in [0.15, 0.2) is 80.3 Å². The van der Waals surface area contributed by atoms with Crippen LogP contribution in [0.4, 0.5) is 14.5 Å². The zero-order chi connectivity index (χ0) is 46.6. The Morgan fingerprint density at radius 1 is 0.591 bits per heavy atom. The predicted molar refractivity (Wildman–Crippen MR) is 229 cm³/mol. The maximum Gasteiger partial charge on any atom is 0.358 e. The van der Waals surface area contributed by atoms with Crippen molar-refractivity contribution >= 4 is 70.6 Å². The van der Waals surface area contributed by atoms with Gasteiger partial charge in [-0.1, -0.05) is 23.5 Å². The first kappa shape index (κ1) is 48.2. The standard InChI is InChI=1S/C44H44F2N4O14S2/c45-33-25-30(26-34(46)38(33)63-24-23-61-20-19-60-21-22-62-27-37(53)64-50-35(51)9-10-36(50)52)49-43(56)39(65-31-5-1-28(2-6-31)41(54)47-11-15-58-16-12-47)40(44(49)57)66-32-7-3-29(4-8-32)42(55)48-13-17-59-18-14-48/h1-8,25-26H,9-24,27H2. The Balaban J connectivity index is 0.939. The highest BCUT2D eigenvalue weighted by molar-refractivity contribution is 8.08. The van der Waals surface area contributed by atoms with Gasteiger partial charge in [-0.05, 0) is 48.5 Å². The van der Waals surface area contributed by atoms with Gasteiger partial charge in [0, 0.05) is 72.1 Å². The molecule has 4 aliphatic heterocycles. The molecule has 4 aliphatic rings. The van der Waals surface area contributed by atoms with Crippen LogP contribution in [0.3, 0.4) is 0 Å². The monoisotopic (exact) mass is 954 g/mol. The number of hydroxylamine groups is 2. The lowest BCUT2D eigenvalue weighted by molar-refractivity contribution is -0.200. The number of halogens is 2. The molecule has 3 aromatic rings. The SMILES string of the molecule is O=C(COCCOCCOCCOc1c(F)cc(N2C(=O)C(Sc3ccc(C(=O)N4CCOCC4)cc3)=C(Sc3ccc(C(=O)N4CCOCC4)cc3)C2=O)cc1F)ON1C(=O)CCC1=O. The van der Waals surface area contributed by atoms with Crippen LogP contribution >= 0.6 is 23.5 Å². The number of nitrogens with zero attached hydrogens (tertiary/aromatic N) is 4. The zero-order valence-corrected chi connectivity index (χ0v) is 37.0. The Labute approximate surface area is 385 Å². The minimum Gasteiger partial charge on any atom is -0.485 e. The van der Waals surface area contributed by atoms with Crippen molar-refractivity contribution in [3.05, 3.63) is 93.2 Å². The molecule has 0 spiro atoms. The molecule has 0 unspecified atom stereocenters. The van der Waals surface area contributed by atoms with Crippen LogP contribution in [0.1, 0.15) is 33.6 Å². The number of hydrogen-bond donors (Lipinski definition) is 0. The molecule has 3 aromatic carbocycles. The fourth-order valence-corrected chi connectivity index (χ4v) is 8.75. The summed E-state index contributed by atoms with van der Waals surface area (Å²) < 4.78 is 62.8. The van der Waals surface area contributed by atoms with E-state index in [9.17, 15) is 33.6 Å². The minimum absolute atomic E-state index is 0.000307. The lowest BCUT2D eigenvalue weighted by atomic mass is 10.2. The van der Waals surface area contributed by atoms with E-state index in [2.05, 4.69) is 4.84 Å². The van der Waals surface area contributed by atoms with Crippen molar-refractivity contribution in [1.82, 2.24) is 14.9 Å². The number of imide groups is 2. The van der Waals surface area contributed by atoms with E-state index < -0.39 is 53.6 Å². The van der Waals surface area contributed by atoms with Crippen LogP contribution in [0.2, 0.25) is 0 Å². The van der Waals surface area contributed by atoms with Gasteiger partial charge in [-0.3, -0.25) is 28.8 Å². The maximum atomic E-state index is 15.5. The first-order valence-electron chi connectivity index (χ1n) is 20.8. The summed E-state index contributed by atoms with van der Waals surface area (Å²) in [6.45, 7) is 2.98. The van der Waals surface area contributed by atoms with Crippen LogP contribution in [-0.4, -0.2) is 155 Å². The molecule has 3 saturated heterocycles. The van der Waals surface area contributed by atoms with Gasteiger partial charge in [0.2, 0.25) is 0 Å². The molecule has 350 valence electrons. The Kier molecular flexibility index (Phi) is 16.9. The van der Waals surface area contributed by atoms with E-state index in [4.69, 9.17) is 28.4 Å². The van der Waals surface area contributed by atoms with Crippen LogP contribution in [0.5, 0.6) is 5.75 Å². The number of morpholine rings is 2. The molecule has 0 atom stereocenters. The number of thioether (sulfide) groups is 2. The largest absolute Gasteiger partial charge is 0.485 e. The summed E-state index contributed by atoms with van der Waals surface area (Å²) in [5.74, 6) is -7.22. The van der Waals surface area contributed by atoms with Crippen LogP contribution < -0.4 is 9.64 Å². The number of hydrogen-bond acceptors (Lipinski definition) is 16. The molecule has 0 radical (unpaired) electrons. The molecule has 0 aromatic heterocycles. The Morgan fingerprint density at radius 2 is 1.02 bits per heavy atom. The van der Waals surface area contributed by atoms with Crippen molar-refractivity contribution in [3.63, 3.8) is 0 Å². The molecular weight excluding hydrogens is 911 g/mol. The summed E-state index contributed by atoms with van der Waals surface area (Å²) in [5.41, 5.74) is 0.486. The molecule has 22 heteroatoms. The maximum absolute atomic E-state index is 15.5. The van der Waals surface area contributed by atoms with E-state index in [-0.39, 0.29) is 79.8 Å². The number of ether oxygens (including phenoxy) is 6.